The highest BCUT2D eigenvalue weighted by Crippen LogP contribution is 2.18. The second kappa shape index (κ2) is 7.21. The summed E-state index contributed by atoms with van der Waals surface area (Å²) in [5.74, 6) is 0. The molecule has 1 aliphatic rings. The normalized spacial score (nSPS) is 17.7. The highest BCUT2D eigenvalue weighted by Gasteiger charge is 2.16. The average molecular weight is 320 g/mol. The van der Waals surface area contributed by atoms with E-state index in [0.29, 0.717) is 5.13 Å². The maximum atomic E-state index is 5.71. The molecule has 3 heterocycles. The molecule has 2 N–H and O–H groups in total. The summed E-state index contributed by atoms with van der Waals surface area (Å²) >= 11 is 1.60. The molecule has 3 rings (SSSR count). The van der Waals surface area contributed by atoms with Gasteiger partial charge < -0.3 is 5.73 Å². The first-order valence-electron chi connectivity index (χ1n) is 7.89. The predicted molar refractivity (Wildman–Crippen MR) is 89.6 cm³/mol. The van der Waals surface area contributed by atoms with Crippen LogP contribution in [0.2, 0.25) is 0 Å². The molecule has 2 aromatic heterocycles. The molecule has 0 unspecified atom stereocenters. The van der Waals surface area contributed by atoms with Crippen LogP contribution in [0.15, 0.2) is 18.6 Å². The highest BCUT2D eigenvalue weighted by molar-refractivity contribution is 7.15. The lowest BCUT2D eigenvalue weighted by Crippen LogP contribution is -2.30. The third-order valence-electron chi connectivity index (χ3n) is 4.05. The molecule has 0 radical (unpaired) electrons. The molecule has 0 spiro atoms. The van der Waals surface area contributed by atoms with Gasteiger partial charge in [-0.3, -0.25) is 14.5 Å². The maximum absolute atomic E-state index is 5.71. The Labute approximate surface area is 135 Å². The third kappa shape index (κ3) is 4.06. The first-order chi connectivity index (χ1) is 10.7. The van der Waals surface area contributed by atoms with Crippen molar-refractivity contribution >= 4 is 16.5 Å². The van der Waals surface area contributed by atoms with Crippen LogP contribution in [0.3, 0.4) is 0 Å². The minimum atomic E-state index is 0.666. The van der Waals surface area contributed by atoms with Gasteiger partial charge in [0.05, 0.1) is 6.20 Å². The van der Waals surface area contributed by atoms with E-state index in [-0.39, 0.29) is 0 Å². The van der Waals surface area contributed by atoms with Gasteiger partial charge in [-0.1, -0.05) is 0 Å². The second-order valence-electron chi connectivity index (χ2n) is 5.77. The molecule has 0 amide bonds. The summed E-state index contributed by atoms with van der Waals surface area (Å²) in [6.45, 7) is 9.52. The fraction of sp³-hybridized carbons (Fsp3) is 0.600. The predicted octanol–water partition coefficient (Wildman–Crippen LogP) is 1.65. The summed E-state index contributed by atoms with van der Waals surface area (Å²) in [6.07, 6.45) is 7.26. The fourth-order valence-electron chi connectivity index (χ4n) is 2.88. The molecule has 120 valence electrons. The zero-order chi connectivity index (χ0) is 15.4. The van der Waals surface area contributed by atoms with E-state index in [1.165, 1.54) is 16.9 Å². The van der Waals surface area contributed by atoms with Crippen LogP contribution in [0.5, 0.6) is 0 Å². The lowest BCUT2D eigenvalue weighted by Gasteiger charge is -2.20. The molecule has 0 atom stereocenters. The van der Waals surface area contributed by atoms with Crippen LogP contribution in [0.25, 0.3) is 0 Å². The number of nitrogens with two attached hydrogens (primary N) is 1. The van der Waals surface area contributed by atoms with Gasteiger partial charge in [0.25, 0.3) is 0 Å². The summed E-state index contributed by atoms with van der Waals surface area (Å²) in [7, 11) is 0. The molecule has 1 fully saturated rings. The molecular weight excluding hydrogens is 296 g/mol. The molecule has 2 aromatic rings. The number of rotatable bonds is 5. The van der Waals surface area contributed by atoms with Crippen LogP contribution in [-0.4, -0.2) is 50.7 Å². The van der Waals surface area contributed by atoms with Crippen molar-refractivity contribution in [2.45, 2.75) is 33.0 Å². The first kappa shape index (κ1) is 15.5. The van der Waals surface area contributed by atoms with Gasteiger partial charge in [-0.25, -0.2) is 4.98 Å². The van der Waals surface area contributed by atoms with Crippen molar-refractivity contribution in [1.82, 2.24) is 24.6 Å². The van der Waals surface area contributed by atoms with Crippen molar-refractivity contribution in [3.05, 3.63) is 29.0 Å². The zero-order valence-corrected chi connectivity index (χ0v) is 13.9. The molecule has 1 aliphatic heterocycles. The Kier molecular flexibility index (Phi) is 5.07. The second-order valence-corrected chi connectivity index (χ2v) is 6.92. The van der Waals surface area contributed by atoms with Gasteiger partial charge in [0.2, 0.25) is 0 Å². The Balaban J connectivity index is 1.51. The van der Waals surface area contributed by atoms with E-state index in [2.05, 4.69) is 33.0 Å². The van der Waals surface area contributed by atoms with E-state index >= 15 is 0 Å². The van der Waals surface area contributed by atoms with Crippen molar-refractivity contribution in [3.8, 4) is 0 Å². The first-order valence-corrected chi connectivity index (χ1v) is 8.71. The van der Waals surface area contributed by atoms with E-state index in [4.69, 9.17) is 5.73 Å². The Morgan fingerprint density at radius 1 is 1.14 bits per heavy atom. The molecule has 0 saturated carbocycles. The van der Waals surface area contributed by atoms with Crippen molar-refractivity contribution < 1.29 is 0 Å². The van der Waals surface area contributed by atoms with E-state index in [1.54, 1.807) is 11.3 Å². The SMILES string of the molecule is CCn1cc(CN2CCCN(Cc3cnc(N)s3)CC2)cn1. The minimum absolute atomic E-state index is 0.666. The summed E-state index contributed by atoms with van der Waals surface area (Å²) in [4.78, 5) is 10.4. The summed E-state index contributed by atoms with van der Waals surface area (Å²) in [6, 6.07) is 0. The van der Waals surface area contributed by atoms with Crippen LogP contribution in [-0.2, 0) is 19.6 Å². The fourth-order valence-corrected chi connectivity index (χ4v) is 3.60. The number of hydrogen-bond acceptors (Lipinski definition) is 6. The largest absolute Gasteiger partial charge is 0.375 e. The number of aromatic nitrogens is 3. The highest BCUT2D eigenvalue weighted by atomic mass is 32.1. The Morgan fingerprint density at radius 3 is 2.55 bits per heavy atom. The van der Waals surface area contributed by atoms with Crippen LogP contribution in [0, 0.1) is 0 Å². The quantitative estimate of drug-likeness (QED) is 0.907. The number of nitrogen functional groups attached to an aromatic ring is 1. The molecule has 7 heteroatoms. The van der Waals surface area contributed by atoms with Crippen molar-refractivity contribution in [2.75, 3.05) is 31.9 Å². The van der Waals surface area contributed by atoms with Gasteiger partial charge in [0, 0.05) is 55.6 Å². The smallest absolute Gasteiger partial charge is 0.180 e. The molecule has 0 bridgehead atoms. The minimum Gasteiger partial charge on any atom is -0.375 e. The van der Waals surface area contributed by atoms with Gasteiger partial charge in [0.1, 0.15) is 0 Å². The Bertz CT molecular complexity index is 592. The van der Waals surface area contributed by atoms with Gasteiger partial charge >= 0.3 is 0 Å². The summed E-state index contributed by atoms with van der Waals surface area (Å²) in [5.41, 5.74) is 7.02. The summed E-state index contributed by atoms with van der Waals surface area (Å²) < 4.78 is 1.99. The monoisotopic (exact) mass is 320 g/mol. The number of aryl methyl sites for hydroxylation is 1. The number of thiazole rings is 1. The number of hydrogen-bond donors (Lipinski definition) is 1. The van der Waals surface area contributed by atoms with E-state index in [9.17, 15) is 0 Å². The van der Waals surface area contributed by atoms with E-state index in [1.807, 2.05) is 17.1 Å². The average Bonchev–Trinajstić information content (AvgIpc) is 3.06. The molecule has 0 aromatic carbocycles. The number of nitrogens with zero attached hydrogens (tertiary/aromatic N) is 5. The van der Waals surface area contributed by atoms with Crippen molar-refractivity contribution in [2.24, 2.45) is 0 Å². The summed E-state index contributed by atoms with van der Waals surface area (Å²) in [5, 5.41) is 5.02. The van der Waals surface area contributed by atoms with E-state index < -0.39 is 0 Å². The molecule has 22 heavy (non-hydrogen) atoms. The van der Waals surface area contributed by atoms with Crippen LogP contribution in [0.1, 0.15) is 23.8 Å². The maximum Gasteiger partial charge on any atom is 0.180 e. The zero-order valence-electron chi connectivity index (χ0n) is 13.1. The molecular formula is C15H24N6S. The molecule has 6 nitrogen and oxygen atoms in total. The van der Waals surface area contributed by atoms with Gasteiger partial charge in [0.15, 0.2) is 5.13 Å². The number of anilines is 1. The molecule has 1 saturated heterocycles. The van der Waals surface area contributed by atoms with E-state index in [0.717, 1.165) is 45.8 Å². The Hall–Kier alpha value is -1.44. The molecule has 0 aliphatic carbocycles. The van der Waals surface area contributed by atoms with Crippen molar-refractivity contribution in [1.29, 1.82) is 0 Å². The van der Waals surface area contributed by atoms with Crippen LogP contribution < -0.4 is 5.73 Å². The topological polar surface area (TPSA) is 63.2 Å². The van der Waals surface area contributed by atoms with Crippen molar-refractivity contribution in [3.63, 3.8) is 0 Å². The Morgan fingerprint density at radius 2 is 1.91 bits per heavy atom. The standard InChI is InChI=1S/C15H24N6S/c1-2-21-11-13(8-18-21)10-19-4-3-5-20(7-6-19)12-14-9-17-15(16)22-14/h8-9,11H,2-7,10,12H2,1H3,(H2,16,17). The van der Waals surface area contributed by atoms with Crippen LogP contribution >= 0.6 is 11.3 Å². The van der Waals surface area contributed by atoms with Gasteiger partial charge in [-0.05, 0) is 26.4 Å². The third-order valence-corrected chi connectivity index (χ3v) is 4.86. The lowest BCUT2D eigenvalue weighted by atomic mass is 10.3. The van der Waals surface area contributed by atoms with Gasteiger partial charge in [-0.15, -0.1) is 11.3 Å². The lowest BCUT2D eigenvalue weighted by molar-refractivity contribution is 0.248. The van der Waals surface area contributed by atoms with Gasteiger partial charge in [-0.2, -0.15) is 5.10 Å². The van der Waals surface area contributed by atoms with Crippen LogP contribution in [0.4, 0.5) is 5.13 Å².